The fourth-order valence-electron chi connectivity index (χ4n) is 1.29. The normalized spacial score (nSPS) is 12.2. The molecule has 0 bridgehead atoms. The van der Waals surface area contributed by atoms with E-state index in [9.17, 15) is 4.79 Å². The van der Waals surface area contributed by atoms with E-state index in [0.29, 0.717) is 11.3 Å². The van der Waals surface area contributed by atoms with Crippen LogP contribution in [-0.2, 0) is 0 Å². The van der Waals surface area contributed by atoms with Crippen molar-refractivity contribution < 1.29 is 9.90 Å². The van der Waals surface area contributed by atoms with Crippen LogP contribution in [0.1, 0.15) is 22.8 Å². The van der Waals surface area contributed by atoms with Gasteiger partial charge in [-0.15, -0.1) is 0 Å². The van der Waals surface area contributed by atoms with E-state index in [1.54, 1.807) is 25.1 Å². The van der Waals surface area contributed by atoms with Crippen molar-refractivity contribution in [2.24, 2.45) is 0 Å². The average molecular weight is 208 g/mol. The van der Waals surface area contributed by atoms with Crippen molar-refractivity contribution in [3.8, 4) is 0 Å². The highest BCUT2D eigenvalue weighted by Gasteiger charge is 2.07. The van der Waals surface area contributed by atoms with Crippen LogP contribution in [0.4, 0.5) is 5.69 Å². The Hall–Kier alpha value is -1.55. The molecule has 0 aliphatic rings. The van der Waals surface area contributed by atoms with Gasteiger partial charge in [0.05, 0.1) is 6.10 Å². The number of rotatable bonds is 3. The molecule has 15 heavy (non-hydrogen) atoms. The quantitative estimate of drug-likeness (QED) is 0.640. The molecule has 1 atom stereocenters. The molecule has 0 saturated heterocycles. The Morgan fingerprint density at radius 2 is 2.20 bits per heavy atom. The number of hydrogen-bond donors (Lipinski definition) is 3. The molecule has 4 nitrogen and oxygen atoms in total. The Labute approximate surface area is 89.1 Å². The molecule has 0 aromatic heterocycles. The molecule has 0 unspecified atom stereocenters. The van der Waals surface area contributed by atoms with Crippen molar-refractivity contribution in [3.63, 3.8) is 0 Å². The number of hydrogen-bond acceptors (Lipinski definition) is 3. The summed E-state index contributed by atoms with van der Waals surface area (Å²) in [5.74, 6) is -0.216. The highest BCUT2D eigenvalue weighted by molar-refractivity contribution is 5.95. The van der Waals surface area contributed by atoms with Crippen LogP contribution in [0.5, 0.6) is 0 Å². The molecule has 1 rings (SSSR count). The molecule has 82 valence electrons. The number of aliphatic hydroxyl groups excluding tert-OH is 1. The lowest BCUT2D eigenvalue weighted by atomic mass is 10.1. The van der Waals surface area contributed by atoms with Crippen LogP contribution in [0.15, 0.2) is 18.2 Å². The van der Waals surface area contributed by atoms with E-state index in [4.69, 9.17) is 10.8 Å². The molecule has 4 heteroatoms. The second-order valence-electron chi connectivity index (χ2n) is 3.69. The number of nitrogens with one attached hydrogen (secondary N) is 1. The first-order valence-electron chi connectivity index (χ1n) is 4.82. The molecule has 0 aliphatic carbocycles. The molecule has 0 fully saturated rings. The number of amides is 1. The van der Waals surface area contributed by atoms with Gasteiger partial charge < -0.3 is 16.2 Å². The molecule has 0 spiro atoms. The predicted molar refractivity (Wildman–Crippen MR) is 59.6 cm³/mol. The molecule has 4 N–H and O–H groups in total. The van der Waals surface area contributed by atoms with Crippen LogP contribution in [0.3, 0.4) is 0 Å². The standard InChI is InChI=1S/C11H16N2O2/c1-7-3-9(5-10(12)4-7)11(15)13-6-8(2)14/h3-5,8,14H,6,12H2,1-2H3,(H,13,15)/t8-/m1/s1. The lowest BCUT2D eigenvalue weighted by Crippen LogP contribution is -2.30. The van der Waals surface area contributed by atoms with Crippen molar-refractivity contribution in [1.29, 1.82) is 0 Å². The molecular formula is C11H16N2O2. The lowest BCUT2D eigenvalue weighted by molar-refractivity contribution is 0.0924. The highest BCUT2D eigenvalue weighted by atomic mass is 16.3. The summed E-state index contributed by atoms with van der Waals surface area (Å²) in [5, 5.41) is 11.6. The number of carbonyl (C=O) groups is 1. The summed E-state index contributed by atoms with van der Waals surface area (Å²) in [6.45, 7) is 3.74. The minimum atomic E-state index is -0.545. The fraction of sp³-hybridized carbons (Fsp3) is 0.364. The van der Waals surface area contributed by atoms with Gasteiger partial charge in [-0.1, -0.05) is 0 Å². The Balaban J connectivity index is 2.73. The minimum absolute atomic E-state index is 0.216. The first-order valence-corrected chi connectivity index (χ1v) is 4.82. The van der Waals surface area contributed by atoms with Gasteiger partial charge in [-0.25, -0.2) is 0 Å². The van der Waals surface area contributed by atoms with E-state index >= 15 is 0 Å². The maximum Gasteiger partial charge on any atom is 0.251 e. The van der Waals surface area contributed by atoms with Crippen molar-refractivity contribution >= 4 is 11.6 Å². The monoisotopic (exact) mass is 208 g/mol. The number of benzene rings is 1. The van der Waals surface area contributed by atoms with Crippen molar-refractivity contribution in [3.05, 3.63) is 29.3 Å². The molecule has 0 heterocycles. The number of nitrogen functional groups attached to an aromatic ring is 1. The van der Waals surface area contributed by atoms with E-state index in [1.165, 1.54) is 0 Å². The van der Waals surface area contributed by atoms with E-state index in [-0.39, 0.29) is 12.5 Å². The zero-order valence-corrected chi connectivity index (χ0v) is 8.95. The van der Waals surface area contributed by atoms with Gasteiger partial charge in [0.25, 0.3) is 5.91 Å². The average Bonchev–Trinajstić information content (AvgIpc) is 2.12. The Bertz CT molecular complexity index is 341. The molecule has 1 aromatic rings. The van der Waals surface area contributed by atoms with Crippen molar-refractivity contribution in [1.82, 2.24) is 5.32 Å². The Morgan fingerprint density at radius 1 is 1.53 bits per heavy atom. The third-order valence-electron chi connectivity index (χ3n) is 1.92. The van der Waals surface area contributed by atoms with Gasteiger partial charge in [0, 0.05) is 17.8 Å². The molecule has 0 aliphatic heterocycles. The summed E-state index contributed by atoms with van der Waals surface area (Å²) < 4.78 is 0. The second-order valence-corrected chi connectivity index (χ2v) is 3.69. The third kappa shape index (κ3) is 3.59. The number of anilines is 1. The topological polar surface area (TPSA) is 75.4 Å². The van der Waals surface area contributed by atoms with E-state index in [0.717, 1.165) is 5.56 Å². The minimum Gasteiger partial charge on any atom is -0.399 e. The van der Waals surface area contributed by atoms with Gasteiger partial charge in [-0.2, -0.15) is 0 Å². The number of carbonyl (C=O) groups excluding carboxylic acids is 1. The summed E-state index contributed by atoms with van der Waals surface area (Å²) in [5.41, 5.74) is 7.65. The van der Waals surface area contributed by atoms with E-state index in [2.05, 4.69) is 5.32 Å². The largest absolute Gasteiger partial charge is 0.399 e. The van der Waals surface area contributed by atoms with Crippen LogP contribution >= 0.6 is 0 Å². The maximum absolute atomic E-state index is 11.6. The predicted octanol–water partition coefficient (Wildman–Crippen LogP) is 0.688. The second kappa shape index (κ2) is 4.79. The van der Waals surface area contributed by atoms with Gasteiger partial charge in [-0.3, -0.25) is 4.79 Å². The molecule has 0 saturated carbocycles. The van der Waals surface area contributed by atoms with Crippen LogP contribution < -0.4 is 11.1 Å². The molecular weight excluding hydrogens is 192 g/mol. The van der Waals surface area contributed by atoms with Gasteiger partial charge in [0.15, 0.2) is 0 Å². The summed E-state index contributed by atoms with van der Waals surface area (Å²) in [6, 6.07) is 5.17. The van der Waals surface area contributed by atoms with Gasteiger partial charge in [0.1, 0.15) is 0 Å². The van der Waals surface area contributed by atoms with Crippen LogP contribution in [-0.4, -0.2) is 23.7 Å². The smallest absolute Gasteiger partial charge is 0.251 e. The fourth-order valence-corrected chi connectivity index (χ4v) is 1.29. The van der Waals surface area contributed by atoms with Crippen molar-refractivity contribution in [2.45, 2.75) is 20.0 Å². The zero-order chi connectivity index (χ0) is 11.4. The summed E-state index contributed by atoms with van der Waals surface area (Å²) in [7, 11) is 0. The maximum atomic E-state index is 11.6. The Morgan fingerprint density at radius 3 is 2.73 bits per heavy atom. The third-order valence-corrected chi connectivity index (χ3v) is 1.92. The molecule has 1 aromatic carbocycles. The van der Waals surface area contributed by atoms with Gasteiger partial charge in [0.2, 0.25) is 0 Å². The van der Waals surface area contributed by atoms with E-state index in [1.807, 2.05) is 6.92 Å². The van der Waals surface area contributed by atoms with Gasteiger partial charge >= 0.3 is 0 Å². The summed E-state index contributed by atoms with van der Waals surface area (Å²) >= 11 is 0. The number of nitrogens with two attached hydrogens (primary N) is 1. The highest BCUT2D eigenvalue weighted by Crippen LogP contribution is 2.10. The number of aliphatic hydroxyl groups is 1. The lowest BCUT2D eigenvalue weighted by Gasteiger charge is -2.08. The molecule has 1 amide bonds. The molecule has 0 radical (unpaired) electrons. The first-order chi connectivity index (χ1) is 6.99. The van der Waals surface area contributed by atoms with Crippen LogP contribution in [0.25, 0.3) is 0 Å². The summed E-state index contributed by atoms with van der Waals surface area (Å²) in [6.07, 6.45) is -0.545. The van der Waals surface area contributed by atoms with E-state index < -0.39 is 6.10 Å². The van der Waals surface area contributed by atoms with Crippen LogP contribution in [0, 0.1) is 6.92 Å². The Kier molecular flexibility index (Phi) is 3.68. The number of aryl methyl sites for hydroxylation is 1. The van der Waals surface area contributed by atoms with Gasteiger partial charge in [-0.05, 0) is 37.6 Å². The first kappa shape index (κ1) is 11.5. The van der Waals surface area contributed by atoms with Crippen LogP contribution in [0.2, 0.25) is 0 Å². The zero-order valence-electron chi connectivity index (χ0n) is 8.95. The summed E-state index contributed by atoms with van der Waals surface area (Å²) in [4.78, 5) is 11.6. The SMILES string of the molecule is Cc1cc(N)cc(C(=O)NC[C@@H](C)O)c1. The van der Waals surface area contributed by atoms with Crippen molar-refractivity contribution in [2.75, 3.05) is 12.3 Å².